The van der Waals surface area contributed by atoms with E-state index in [1.807, 2.05) is 6.07 Å². The number of nitrogens with zero attached hydrogens (tertiary/aromatic N) is 1. The Kier molecular flexibility index (Phi) is 2.85. The monoisotopic (exact) mass is 226 g/mol. The fraction of sp³-hybridized carbons (Fsp3) is 0.545. The maximum atomic E-state index is 5.85. The number of nitrogens with two attached hydrogens (primary N) is 1. The molecule has 0 saturated heterocycles. The lowest BCUT2D eigenvalue weighted by molar-refractivity contribution is 0.241. The van der Waals surface area contributed by atoms with E-state index in [0.29, 0.717) is 17.6 Å². The molecule has 0 bridgehead atoms. The van der Waals surface area contributed by atoms with Crippen LogP contribution in [0.3, 0.4) is 0 Å². The largest absolute Gasteiger partial charge is 0.481 e. The molecule has 2 N–H and O–H groups in total. The third-order valence-corrected chi connectivity index (χ3v) is 3.50. The number of aromatic nitrogens is 1. The predicted molar refractivity (Wildman–Crippen MR) is 60.4 cm³/mol. The van der Waals surface area contributed by atoms with Crippen molar-refractivity contribution in [2.75, 3.05) is 13.7 Å². The minimum Gasteiger partial charge on any atom is -0.481 e. The Morgan fingerprint density at radius 2 is 2.27 bits per heavy atom. The highest BCUT2D eigenvalue weighted by atomic mass is 35.5. The molecule has 0 radical (unpaired) electrons. The van der Waals surface area contributed by atoms with Gasteiger partial charge in [0.2, 0.25) is 5.88 Å². The molecule has 0 aliphatic heterocycles. The van der Waals surface area contributed by atoms with Crippen LogP contribution in [0.5, 0.6) is 5.88 Å². The molecule has 1 saturated carbocycles. The summed E-state index contributed by atoms with van der Waals surface area (Å²) in [5.41, 5.74) is 7.02. The third-order valence-electron chi connectivity index (χ3n) is 3.29. The fourth-order valence-electron chi connectivity index (χ4n) is 2.16. The van der Waals surface area contributed by atoms with E-state index < -0.39 is 0 Å². The number of ether oxygens (including phenoxy) is 1. The first-order valence-electron chi connectivity index (χ1n) is 5.13. The second kappa shape index (κ2) is 3.99. The molecule has 82 valence electrons. The number of halogens is 1. The summed E-state index contributed by atoms with van der Waals surface area (Å²) in [4.78, 5) is 4.18. The van der Waals surface area contributed by atoms with Crippen LogP contribution in [0.2, 0.25) is 5.15 Å². The Bertz CT molecular complexity index is 358. The number of pyridine rings is 1. The molecule has 4 heteroatoms. The Balaban J connectivity index is 2.42. The van der Waals surface area contributed by atoms with Crippen LogP contribution in [0.1, 0.15) is 24.8 Å². The predicted octanol–water partition coefficient (Wildman–Crippen LogP) is 2.12. The highest BCUT2D eigenvalue weighted by molar-refractivity contribution is 6.29. The number of hydrogen-bond donors (Lipinski definition) is 1. The molecule has 1 aliphatic rings. The van der Waals surface area contributed by atoms with Crippen LogP contribution in [0.25, 0.3) is 0 Å². The first-order valence-corrected chi connectivity index (χ1v) is 5.51. The quantitative estimate of drug-likeness (QED) is 0.804. The van der Waals surface area contributed by atoms with Gasteiger partial charge in [-0.3, -0.25) is 0 Å². The Hall–Kier alpha value is -0.800. The minimum atomic E-state index is 0.0724. The number of rotatable bonds is 3. The zero-order chi connectivity index (χ0) is 10.9. The molecule has 1 aliphatic carbocycles. The van der Waals surface area contributed by atoms with Crippen LogP contribution < -0.4 is 10.5 Å². The van der Waals surface area contributed by atoms with Gasteiger partial charge in [0.25, 0.3) is 0 Å². The normalized spacial score (nSPS) is 18.3. The molecular formula is C11H15ClN2O. The van der Waals surface area contributed by atoms with Gasteiger partial charge in [0.15, 0.2) is 0 Å². The lowest BCUT2D eigenvalue weighted by Crippen LogP contribution is -2.41. The molecule has 0 aromatic carbocycles. The van der Waals surface area contributed by atoms with Crippen molar-refractivity contribution < 1.29 is 4.74 Å². The van der Waals surface area contributed by atoms with Crippen molar-refractivity contribution in [3.05, 3.63) is 22.8 Å². The average molecular weight is 227 g/mol. The van der Waals surface area contributed by atoms with Crippen molar-refractivity contribution in [2.24, 2.45) is 5.73 Å². The van der Waals surface area contributed by atoms with E-state index in [4.69, 9.17) is 22.1 Å². The highest BCUT2D eigenvalue weighted by Crippen LogP contribution is 2.45. The smallest absolute Gasteiger partial charge is 0.218 e. The molecule has 3 nitrogen and oxygen atoms in total. The van der Waals surface area contributed by atoms with Gasteiger partial charge < -0.3 is 10.5 Å². The van der Waals surface area contributed by atoms with Gasteiger partial charge in [-0.05, 0) is 25.0 Å². The zero-order valence-corrected chi connectivity index (χ0v) is 9.55. The van der Waals surface area contributed by atoms with Crippen LogP contribution in [0.15, 0.2) is 12.1 Å². The van der Waals surface area contributed by atoms with Gasteiger partial charge in [-0.15, -0.1) is 0 Å². The molecule has 1 aromatic rings. The first-order chi connectivity index (χ1) is 7.22. The van der Waals surface area contributed by atoms with Crippen LogP contribution in [0, 0.1) is 0 Å². The topological polar surface area (TPSA) is 48.1 Å². The highest BCUT2D eigenvalue weighted by Gasteiger charge is 2.39. The number of methoxy groups -OCH3 is 1. The van der Waals surface area contributed by atoms with Crippen molar-refractivity contribution in [1.82, 2.24) is 4.98 Å². The summed E-state index contributed by atoms with van der Waals surface area (Å²) in [6.07, 6.45) is 3.45. The van der Waals surface area contributed by atoms with Gasteiger partial charge in [-0.25, -0.2) is 4.98 Å². The lowest BCUT2D eigenvalue weighted by atomic mass is 9.65. The van der Waals surface area contributed by atoms with Gasteiger partial charge in [0.05, 0.1) is 7.11 Å². The molecule has 0 amide bonds. The zero-order valence-electron chi connectivity index (χ0n) is 8.79. The minimum absolute atomic E-state index is 0.0724. The summed E-state index contributed by atoms with van der Waals surface area (Å²) in [5.74, 6) is 0.618. The molecule has 1 fully saturated rings. The second-order valence-corrected chi connectivity index (χ2v) is 4.42. The van der Waals surface area contributed by atoms with Gasteiger partial charge in [0.1, 0.15) is 5.15 Å². The maximum Gasteiger partial charge on any atom is 0.218 e. The average Bonchev–Trinajstić information content (AvgIpc) is 2.19. The van der Waals surface area contributed by atoms with Crippen LogP contribution in [0.4, 0.5) is 0 Å². The third kappa shape index (κ3) is 1.70. The second-order valence-electron chi connectivity index (χ2n) is 4.03. The summed E-state index contributed by atoms with van der Waals surface area (Å²) in [6, 6.07) is 3.79. The van der Waals surface area contributed by atoms with Crippen molar-refractivity contribution >= 4 is 11.6 Å². The summed E-state index contributed by atoms with van der Waals surface area (Å²) >= 11 is 5.83. The summed E-state index contributed by atoms with van der Waals surface area (Å²) in [5, 5.41) is 0.460. The van der Waals surface area contributed by atoms with Gasteiger partial charge in [0, 0.05) is 17.5 Å². The van der Waals surface area contributed by atoms with E-state index in [0.717, 1.165) is 18.4 Å². The summed E-state index contributed by atoms with van der Waals surface area (Å²) in [6.45, 7) is 0.646. The summed E-state index contributed by atoms with van der Waals surface area (Å²) in [7, 11) is 1.62. The molecule has 1 heterocycles. The molecule has 0 atom stereocenters. The van der Waals surface area contributed by atoms with Crippen molar-refractivity contribution in [3.8, 4) is 5.88 Å². The van der Waals surface area contributed by atoms with Crippen LogP contribution in [-0.2, 0) is 5.41 Å². The van der Waals surface area contributed by atoms with Gasteiger partial charge in [-0.2, -0.15) is 0 Å². The molecular weight excluding hydrogens is 212 g/mol. The first kappa shape index (κ1) is 10.7. The summed E-state index contributed by atoms with van der Waals surface area (Å²) < 4.78 is 5.26. The van der Waals surface area contributed by atoms with Crippen molar-refractivity contribution in [1.29, 1.82) is 0 Å². The Labute approximate surface area is 94.6 Å². The molecule has 0 spiro atoms. The molecule has 2 rings (SSSR count). The Morgan fingerprint density at radius 1 is 1.53 bits per heavy atom. The lowest BCUT2D eigenvalue weighted by Gasteiger charge is -2.41. The Morgan fingerprint density at radius 3 is 2.73 bits per heavy atom. The SMILES string of the molecule is COc1nc(Cl)ccc1C1(CN)CCC1. The van der Waals surface area contributed by atoms with E-state index in [9.17, 15) is 0 Å². The fourth-order valence-corrected chi connectivity index (χ4v) is 2.30. The standard InChI is InChI=1S/C11H15ClN2O/c1-15-10-8(3-4-9(12)14-10)11(7-13)5-2-6-11/h3-4H,2,5-7,13H2,1H3. The molecule has 0 unspecified atom stereocenters. The molecule has 15 heavy (non-hydrogen) atoms. The molecule has 1 aromatic heterocycles. The van der Waals surface area contributed by atoms with Gasteiger partial charge >= 0.3 is 0 Å². The van der Waals surface area contributed by atoms with Crippen molar-refractivity contribution in [3.63, 3.8) is 0 Å². The number of hydrogen-bond acceptors (Lipinski definition) is 3. The van der Waals surface area contributed by atoms with E-state index in [1.54, 1.807) is 13.2 Å². The van der Waals surface area contributed by atoms with E-state index in [-0.39, 0.29) is 5.41 Å². The van der Waals surface area contributed by atoms with Crippen molar-refractivity contribution in [2.45, 2.75) is 24.7 Å². The van der Waals surface area contributed by atoms with E-state index in [1.165, 1.54) is 6.42 Å². The van der Waals surface area contributed by atoms with Crippen LogP contribution >= 0.6 is 11.6 Å². The van der Waals surface area contributed by atoms with Crippen LogP contribution in [-0.4, -0.2) is 18.6 Å². The van der Waals surface area contributed by atoms with Gasteiger partial charge in [-0.1, -0.05) is 18.0 Å². The van der Waals surface area contributed by atoms with E-state index >= 15 is 0 Å². The maximum absolute atomic E-state index is 5.85. The van der Waals surface area contributed by atoms with E-state index in [2.05, 4.69) is 4.98 Å².